The smallest absolute Gasteiger partial charge is 0.343 e. The summed E-state index contributed by atoms with van der Waals surface area (Å²) in [6.07, 6.45) is -2.21. The predicted molar refractivity (Wildman–Crippen MR) is 42.4 cm³/mol. The van der Waals surface area contributed by atoms with Crippen molar-refractivity contribution >= 4 is 5.97 Å². The Morgan fingerprint density at radius 3 is 2.58 bits per heavy atom. The zero-order valence-electron chi connectivity index (χ0n) is 7.42. The average Bonchev–Trinajstić information content (AvgIpc) is 2.04. The minimum Gasteiger partial charge on any atom is -0.464 e. The molecule has 72 valence electrons. The maximum atomic E-state index is 12.8. The lowest BCUT2D eigenvalue weighted by Crippen LogP contribution is -2.31. The molecule has 0 bridgehead atoms. The van der Waals surface area contributed by atoms with Crippen molar-refractivity contribution in [1.82, 2.24) is 0 Å². The molecule has 0 fully saturated rings. The van der Waals surface area contributed by atoms with Gasteiger partial charge in [0.1, 0.15) is 0 Å². The summed E-state index contributed by atoms with van der Waals surface area (Å²) >= 11 is 0. The molecule has 1 N–H and O–H groups in total. The van der Waals surface area contributed by atoms with Gasteiger partial charge in [-0.1, -0.05) is 13.3 Å². The molecule has 2 atom stereocenters. The minimum absolute atomic E-state index is 0.137. The van der Waals surface area contributed by atoms with Crippen LogP contribution in [0.1, 0.15) is 26.7 Å². The van der Waals surface area contributed by atoms with Crippen molar-refractivity contribution in [2.24, 2.45) is 0 Å². The largest absolute Gasteiger partial charge is 0.464 e. The van der Waals surface area contributed by atoms with Gasteiger partial charge in [-0.3, -0.25) is 0 Å². The number of carbonyl (C=O) groups excluding carboxylic acids is 1. The number of aliphatic hydroxyl groups excluding tert-OH is 1. The highest BCUT2D eigenvalue weighted by Gasteiger charge is 2.26. The van der Waals surface area contributed by atoms with Gasteiger partial charge >= 0.3 is 5.97 Å². The van der Waals surface area contributed by atoms with E-state index in [2.05, 4.69) is 4.74 Å². The summed E-state index contributed by atoms with van der Waals surface area (Å²) in [5.41, 5.74) is 0. The number of carbonyl (C=O) groups is 1. The number of ether oxygens (including phenoxy) is 1. The summed E-state index contributed by atoms with van der Waals surface area (Å²) in [5.74, 6) is -0.974. The maximum absolute atomic E-state index is 12.8. The first-order valence-corrected chi connectivity index (χ1v) is 4.12. The highest BCUT2D eigenvalue weighted by atomic mass is 19.1. The first-order chi connectivity index (χ1) is 5.63. The summed E-state index contributed by atoms with van der Waals surface area (Å²) in [6, 6.07) is 0. The predicted octanol–water partition coefficient (Wildman–Crippen LogP) is 1.05. The zero-order chi connectivity index (χ0) is 9.56. The van der Waals surface area contributed by atoms with Crippen LogP contribution in [0.15, 0.2) is 0 Å². The van der Waals surface area contributed by atoms with E-state index in [1.807, 2.05) is 0 Å². The molecular weight excluding hydrogens is 163 g/mol. The first kappa shape index (κ1) is 11.4. The van der Waals surface area contributed by atoms with Crippen LogP contribution in [0.3, 0.4) is 0 Å². The zero-order valence-corrected chi connectivity index (χ0v) is 7.42. The van der Waals surface area contributed by atoms with Gasteiger partial charge in [0.25, 0.3) is 0 Å². The Bertz CT molecular complexity index is 138. The van der Waals surface area contributed by atoms with E-state index in [0.29, 0.717) is 6.42 Å². The fourth-order valence-corrected chi connectivity index (χ4v) is 0.821. The number of alkyl halides is 1. The van der Waals surface area contributed by atoms with Crippen LogP contribution in [-0.2, 0) is 9.53 Å². The summed E-state index contributed by atoms with van der Waals surface area (Å²) in [7, 11) is 0. The topological polar surface area (TPSA) is 46.5 Å². The summed E-state index contributed by atoms with van der Waals surface area (Å²) in [4.78, 5) is 10.7. The van der Waals surface area contributed by atoms with Crippen LogP contribution in [0.25, 0.3) is 0 Å². The molecule has 0 heterocycles. The molecule has 0 saturated heterocycles. The lowest BCUT2D eigenvalue weighted by molar-refractivity contribution is -0.153. The second-order valence-electron chi connectivity index (χ2n) is 2.51. The fraction of sp³-hybridized carbons (Fsp3) is 0.875. The van der Waals surface area contributed by atoms with E-state index in [1.165, 1.54) is 0 Å². The van der Waals surface area contributed by atoms with E-state index in [1.54, 1.807) is 13.8 Å². The normalized spacial score (nSPS) is 15.3. The third-order valence-electron chi connectivity index (χ3n) is 1.43. The Morgan fingerprint density at radius 2 is 2.17 bits per heavy atom. The molecule has 12 heavy (non-hydrogen) atoms. The molecule has 0 aliphatic carbocycles. The number of rotatable bonds is 5. The Morgan fingerprint density at radius 1 is 1.58 bits per heavy atom. The van der Waals surface area contributed by atoms with Gasteiger partial charge in [0, 0.05) is 0 Å². The monoisotopic (exact) mass is 178 g/mol. The lowest BCUT2D eigenvalue weighted by Gasteiger charge is -2.12. The van der Waals surface area contributed by atoms with Crippen molar-refractivity contribution in [3.05, 3.63) is 0 Å². The molecule has 0 spiro atoms. The number of aliphatic hydroxyl groups is 1. The average molecular weight is 178 g/mol. The van der Waals surface area contributed by atoms with Gasteiger partial charge in [0.15, 0.2) is 0 Å². The van der Waals surface area contributed by atoms with E-state index in [9.17, 15) is 9.18 Å². The van der Waals surface area contributed by atoms with E-state index in [4.69, 9.17) is 5.11 Å². The third kappa shape index (κ3) is 3.67. The molecule has 0 rings (SSSR count). The molecule has 0 saturated carbocycles. The second-order valence-corrected chi connectivity index (χ2v) is 2.51. The van der Waals surface area contributed by atoms with Crippen molar-refractivity contribution in [1.29, 1.82) is 0 Å². The molecule has 0 aromatic rings. The number of hydrogen-bond acceptors (Lipinski definition) is 3. The van der Waals surface area contributed by atoms with Crippen LogP contribution in [0.4, 0.5) is 4.39 Å². The van der Waals surface area contributed by atoms with Gasteiger partial charge in [-0.2, -0.15) is 0 Å². The van der Waals surface area contributed by atoms with Gasteiger partial charge in [0.05, 0.1) is 12.7 Å². The molecule has 2 unspecified atom stereocenters. The Hall–Kier alpha value is -0.640. The van der Waals surface area contributed by atoms with Crippen LogP contribution in [0.2, 0.25) is 0 Å². The molecule has 0 amide bonds. The first-order valence-electron chi connectivity index (χ1n) is 4.12. The van der Waals surface area contributed by atoms with E-state index < -0.39 is 18.2 Å². The SMILES string of the molecule is CCCC(O)C(F)C(=O)OCC. The molecule has 0 aromatic carbocycles. The van der Waals surface area contributed by atoms with Crippen molar-refractivity contribution in [3.63, 3.8) is 0 Å². The van der Waals surface area contributed by atoms with E-state index in [0.717, 1.165) is 0 Å². The highest BCUT2D eigenvalue weighted by Crippen LogP contribution is 2.07. The van der Waals surface area contributed by atoms with Gasteiger partial charge in [-0.25, -0.2) is 9.18 Å². The Balaban J connectivity index is 3.82. The highest BCUT2D eigenvalue weighted by molar-refractivity contribution is 5.75. The number of hydrogen-bond donors (Lipinski definition) is 1. The molecule has 0 aliphatic rings. The molecule has 0 aromatic heterocycles. The summed E-state index contributed by atoms with van der Waals surface area (Å²) in [5, 5.41) is 9.04. The summed E-state index contributed by atoms with van der Waals surface area (Å²) in [6.45, 7) is 3.54. The number of halogens is 1. The van der Waals surface area contributed by atoms with Gasteiger partial charge in [-0.15, -0.1) is 0 Å². The molecule has 0 aliphatic heterocycles. The van der Waals surface area contributed by atoms with Gasteiger partial charge in [0.2, 0.25) is 6.17 Å². The molecule has 0 radical (unpaired) electrons. The van der Waals surface area contributed by atoms with Crippen LogP contribution in [0, 0.1) is 0 Å². The maximum Gasteiger partial charge on any atom is 0.343 e. The van der Waals surface area contributed by atoms with Crippen molar-refractivity contribution in [2.45, 2.75) is 39.0 Å². The quantitative estimate of drug-likeness (QED) is 0.640. The van der Waals surface area contributed by atoms with Gasteiger partial charge in [-0.05, 0) is 13.3 Å². The van der Waals surface area contributed by atoms with Crippen LogP contribution in [-0.4, -0.2) is 30.0 Å². The summed E-state index contributed by atoms with van der Waals surface area (Å²) < 4.78 is 17.2. The Labute approximate surface area is 71.5 Å². The van der Waals surface area contributed by atoms with E-state index >= 15 is 0 Å². The number of esters is 1. The third-order valence-corrected chi connectivity index (χ3v) is 1.43. The lowest BCUT2D eigenvalue weighted by atomic mass is 10.1. The molecule has 3 nitrogen and oxygen atoms in total. The van der Waals surface area contributed by atoms with Crippen LogP contribution < -0.4 is 0 Å². The van der Waals surface area contributed by atoms with E-state index in [-0.39, 0.29) is 13.0 Å². The van der Waals surface area contributed by atoms with Crippen molar-refractivity contribution < 1.29 is 19.0 Å². The van der Waals surface area contributed by atoms with Crippen LogP contribution >= 0.6 is 0 Å². The molecule has 4 heteroatoms. The van der Waals surface area contributed by atoms with Crippen molar-refractivity contribution in [2.75, 3.05) is 6.61 Å². The fourth-order valence-electron chi connectivity index (χ4n) is 0.821. The van der Waals surface area contributed by atoms with Gasteiger partial charge < -0.3 is 9.84 Å². The minimum atomic E-state index is -1.90. The Kier molecular flexibility index (Phi) is 5.62. The standard InChI is InChI=1S/C8H15FO3/c1-3-5-6(10)7(9)8(11)12-4-2/h6-7,10H,3-5H2,1-2H3. The molecular formula is C8H15FO3. The van der Waals surface area contributed by atoms with Crippen LogP contribution in [0.5, 0.6) is 0 Å². The second kappa shape index (κ2) is 5.94. The van der Waals surface area contributed by atoms with Crippen molar-refractivity contribution in [3.8, 4) is 0 Å².